The lowest BCUT2D eigenvalue weighted by atomic mass is 9.88. The molecule has 0 saturated carbocycles. The normalized spacial score (nSPS) is 21.2. The fraction of sp³-hybridized carbons (Fsp3) is 0.227. The molecule has 1 aliphatic rings. The van der Waals surface area contributed by atoms with Crippen LogP contribution in [0.4, 0.5) is 0 Å². The van der Waals surface area contributed by atoms with Gasteiger partial charge in [-0.3, -0.25) is 4.79 Å². The molecule has 2 heterocycles. The van der Waals surface area contributed by atoms with Gasteiger partial charge in [0.15, 0.2) is 0 Å². The van der Waals surface area contributed by atoms with Gasteiger partial charge in [0.1, 0.15) is 17.6 Å². The lowest BCUT2D eigenvalue weighted by Crippen LogP contribution is -2.36. The molecule has 4 nitrogen and oxygen atoms in total. The van der Waals surface area contributed by atoms with Gasteiger partial charge < -0.3 is 14.4 Å². The first-order valence-electron chi connectivity index (χ1n) is 8.79. The Morgan fingerprint density at radius 3 is 2.35 bits per heavy atom. The van der Waals surface area contributed by atoms with Crippen LogP contribution in [0.5, 0.6) is 0 Å². The second kappa shape index (κ2) is 6.81. The van der Waals surface area contributed by atoms with Crippen LogP contribution in [0.2, 0.25) is 0 Å². The molecule has 3 atom stereocenters. The zero-order valence-corrected chi connectivity index (χ0v) is 14.6. The summed E-state index contributed by atoms with van der Waals surface area (Å²) >= 11 is 0. The van der Waals surface area contributed by atoms with Crippen LogP contribution < -0.4 is 0 Å². The van der Waals surface area contributed by atoms with E-state index in [0.717, 1.165) is 11.1 Å². The number of amides is 1. The van der Waals surface area contributed by atoms with Crippen molar-refractivity contribution in [3.8, 4) is 11.3 Å². The maximum absolute atomic E-state index is 12.3. The summed E-state index contributed by atoms with van der Waals surface area (Å²) in [4.78, 5) is 14.0. The predicted octanol–water partition coefficient (Wildman–Crippen LogP) is 3.99. The highest BCUT2D eigenvalue weighted by atomic mass is 16.4. The molecule has 0 aliphatic carbocycles. The molecule has 1 amide bonds. The highest BCUT2D eigenvalue weighted by molar-refractivity contribution is 5.80. The Morgan fingerprint density at radius 1 is 1.00 bits per heavy atom. The second-order valence-corrected chi connectivity index (χ2v) is 6.73. The third-order valence-electron chi connectivity index (χ3n) is 5.18. The van der Waals surface area contributed by atoms with E-state index in [9.17, 15) is 9.90 Å². The van der Waals surface area contributed by atoms with E-state index >= 15 is 0 Å². The Morgan fingerprint density at radius 2 is 1.65 bits per heavy atom. The molecule has 132 valence electrons. The number of carbonyl (C=O) groups excluding carboxylic acids is 1. The molecule has 1 fully saturated rings. The lowest BCUT2D eigenvalue weighted by molar-refractivity contribution is -0.129. The van der Waals surface area contributed by atoms with E-state index in [0.29, 0.717) is 17.9 Å². The van der Waals surface area contributed by atoms with Crippen molar-refractivity contribution in [3.63, 3.8) is 0 Å². The molecular formula is C22H21NO3. The molecule has 2 aromatic carbocycles. The topological polar surface area (TPSA) is 53.7 Å². The zero-order chi connectivity index (χ0) is 18.1. The van der Waals surface area contributed by atoms with Crippen LogP contribution in [-0.4, -0.2) is 29.0 Å². The first-order chi connectivity index (χ1) is 12.6. The Labute approximate surface area is 152 Å². The smallest absolute Gasteiger partial charge is 0.223 e. The van der Waals surface area contributed by atoms with Crippen molar-refractivity contribution >= 4 is 5.91 Å². The van der Waals surface area contributed by atoms with Crippen molar-refractivity contribution in [1.29, 1.82) is 0 Å². The molecular weight excluding hydrogens is 326 g/mol. The highest BCUT2D eigenvalue weighted by Gasteiger charge is 2.43. The summed E-state index contributed by atoms with van der Waals surface area (Å²) in [5.41, 5.74) is 2.02. The van der Waals surface area contributed by atoms with Crippen molar-refractivity contribution in [2.24, 2.45) is 0 Å². The van der Waals surface area contributed by atoms with Gasteiger partial charge >= 0.3 is 0 Å². The lowest BCUT2D eigenvalue weighted by Gasteiger charge is -2.28. The molecule has 1 saturated heterocycles. The number of likely N-dealkylation sites (tertiary alicyclic amines) is 1. The van der Waals surface area contributed by atoms with Crippen LogP contribution in [0.25, 0.3) is 11.3 Å². The van der Waals surface area contributed by atoms with Gasteiger partial charge in [-0.2, -0.15) is 0 Å². The van der Waals surface area contributed by atoms with E-state index < -0.39 is 6.10 Å². The molecule has 0 radical (unpaired) electrons. The van der Waals surface area contributed by atoms with Gasteiger partial charge in [-0.15, -0.1) is 0 Å². The number of hydrogen-bond acceptors (Lipinski definition) is 3. The third kappa shape index (κ3) is 2.93. The molecule has 26 heavy (non-hydrogen) atoms. The summed E-state index contributed by atoms with van der Waals surface area (Å²) in [6.07, 6.45) is -0.483. The molecule has 0 unspecified atom stereocenters. The Bertz CT molecular complexity index is 888. The average Bonchev–Trinajstić information content (AvgIpc) is 3.29. The van der Waals surface area contributed by atoms with E-state index in [1.807, 2.05) is 66.7 Å². The van der Waals surface area contributed by atoms with Crippen molar-refractivity contribution in [3.05, 3.63) is 84.1 Å². The Balaban J connectivity index is 1.64. The number of hydrogen-bond donors (Lipinski definition) is 1. The van der Waals surface area contributed by atoms with Crippen molar-refractivity contribution in [2.45, 2.75) is 24.5 Å². The minimum absolute atomic E-state index is 0.0396. The molecule has 0 spiro atoms. The number of aliphatic hydroxyl groups excluding tert-OH is 1. The molecule has 3 aromatic rings. The van der Waals surface area contributed by atoms with Crippen LogP contribution in [-0.2, 0) is 4.79 Å². The summed E-state index contributed by atoms with van der Waals surface area (Å²) < 4.78 is 5.92. The summed E-state index contributed by atoms with van der Waals surface area (Å²) in [5, 5.41) is 11.0. The Hall–Kier alpha value is -2.85. The van der Waals surface area contributed by atoms with E-state index in [-0.39, 0.29) is 17.9 Å². The predicted molar refractivity (Wildman–Crippen MR) is 99.5 cm³/mol. The maximum Gasteiger partial charge on any atom is 0.223 e. The summed E-state index contributed by atoms with van der Waals surface area (Å²) in [7, 11) is 1.75. The zero-order valence-electron chi connectivity index (χ0n) is 14.6. The standard InChI is InChI=1S/C22H21NO3/c1-23-20(24)14-17(15-8-4-2-5-9-15)21(23)22(25)19-13-12-18(26-19)16-10-6-3-7-11-16/h2-13,17,21-22,25H,14H2,1H3/t17-,21-,22+/m1/s1. The maximum atomic E-state index is 12.3. The highest BCUT2D eigenvalue weighted by Crippen LogP contribution is 2.40. The van der Waals surface area contributed by atoms with Crippen LogP contribution >= 0.6 is 0 Å². The fourth-order valence-electron chi connectivity index (χ4n) is 3.77. The van der Waals surface area contributed by atoms with Crippen LogP contribution in [0, 0.1) is 0 Å². The van der Waals surface area contributed by atoms with Gasteiger partial charge in [-0.25, -0.2) is 0 Å². The monoisotopic (exact) mass is 347 g/mol. The average molecular weight is 347 g/mol. The minimum Gasteiger partial charge on any atom is -0.458 e. The molecule has 0 bridgehead atoms. The largest absolute Gasteiger partial charge is 0.458 e. The van der Waals surface area contributed by atoms with Gasteiger partial charge in [-0.05, 0) is 17.7 Å². The first-order valence-corrected chi connectivity index (χ1v) is 8.79. The Kier molecular flexibility index (Phi) is 4.35. The van der Waals surface area contributed by atoms with Gasteiger partial charge in [-0.1, -0.05) is 60.7 Å². The SMILES string of the molecule is CN1C(=O)C[C@H](c2ccccc2)[C@@H]1[C@@H](O)c1ccc(-c2ccccc2)o1. The van der Waals surface area contributed by atoms with Gasteiger partial charge in [0.25, 0.3) is 0 Å². The minimum atomic E-state index is -0.880. The van der Waals surface area contributed by atoms with Crippen molar-refractivity contribution < 1.29 is 14.3 Å². The number of carbonyl (C=O) groups is 1. The number of likely N-dealkylation sites (N-methyl/N-ethyl adjacent to an activating group) is 1. The van der Waals surface area contributed by atoms with E-state index in [1.165, 1.54) is 0 Å². The van der Waals surface area contributed by atoms with Crippen molar-refractivity contribution in [2.75, 3.05) is 7.05 Å². The van der Waals surface area contributed by atoms with Gasteiger partial charge in [0, 0.05) is 24.9 Å². The quantitative estimate of drug-likeness (QED) is 0.776. The summed E-state index contributed by atoms with van der Waals surface area (Å²) in [5.74, 6) is 1.17. The van der Waals surface area contributed by atoms with Crippen LogP contribution in [0.15, 0.2) is 77.2 Å². The van der Waals surface area contributed by atoms with Gasteiger partial charge in [0.2, 0.25) is 5.91 Å². The molecule has 1 aromatic heterocycles. The molecule has 1 aliphatic heterocycles. The number of nitrogens with zero attached hydrogens (tertiary/aromatic N) is 1. The van der Waals surface area contributed by atoms with E-state index in [2.05, 4.69) is 0 Å². The first kappa shape index (κ1) is 16.6. The molecule has 1 N–H and O–H groups in total. The number of aliphatic hydroxyl groups is 1. The van der Waals surface area contributed by atoms with Crippen LogP contribution in [0.3, 0.4) is 0 Å². The van der Waals surface area contributed by atoms with E-state index in [1.54, 1.807) is 18.0 Å². The second-order valence-electron chi connectivity index (χ2n) is 6.73. The molecule has 4 rings (SSSR count). The fourth-order valence-corrected chi connectivity index (χ4v) is 3.77. The number of furan rings is 1. The summed E-state index contributed by atoms with van der Waals surface area (Å²) in [6.45, 7) is 0. The van der Waals surface area contributed by atoms with Crippen LogP contribution in [0.1, 0.15) is 29.8 Å². The third-order valence-corrected chi connectivity index (χ3v) is 5.18. The van der Waals surface area contributed by atoms with E-state index in [4.69, 9.17) is 4.42 Å². The van der Waals surface area contributed by atoms with Crippen molar-refractivity contribution in [1.82, 2.24) is 4.90 Å². The molecule has 4 heteroatoms. The number of benzene rings is 2. The number of rotatable bonds is 4. The summed E-state index contributed by atoms with van der Waals surface area (Å²) in [6, 6.07) is 23.0. The van der Waals surface area contributed by atoms with Gasteiger partial charge in [0.05, 0.1) is 6.04 Å².